The molecule has 3 rings (SSSR count). The molecule has 0 aliphatic rings. The van der Waals surface area contributed by atoms with E-state index in [0.29, 0.717) is 26.8 Å². The normalized spacial score (nSPS) is 13.2. The van der Waals surface area contributed by atoms with Crippen LogP contribution in [-0.2, 0) is 14.9 Å². The third-order valence-electron chi connectivity index (χ3n) is 5.33. The van der Waals surface area contributed by atoms with E-state index in [0.717, 1.165) is 18.2 Å². The summed E-state index contributed by atoms with van der Waals surface area (Å²) >= 11 is 19.4. The molecular formula is C25H13Br6F3O9S. The predicted molar refractivity (Wildman–Crippen MR) is 172 cm³/mol. The number of carbonyl (C=O) groups is 3. The van der Waals surface area contributed by atoms with E-state index in [2.05, 4.69) is 100 Å². The number of carbonyl (C=O) groups excluding carboxylic acids is 3. The van der Waals surface area contributed by atoms with Crippen LogP contribution in [-0.4, -0.2) is 48.4 Å². The quantitative estimate of drug-likeness (QED) is 0.133. The van der Waals surface area contributed by atoms with Gasteiger partial charge in [0.2, 0.25) is 5.60 Å². The van der Waals surface area contributed by atoms with Gasteiger partial charge in [-0.25, -0.2) is 14.4 Å². The molecule has 3 aromatic rings. The standard InChI is InChI=1S/C25H13Br6F3O9S/c1-24(25(32,33)34,9-44(38,39)40)43-23(37)12-3-10(21(35)41-19-15(28)5-13(26)6-16(19)29)2-11(4-12)22(36)42-20-17(30)7-14(27)8-18(20)31/h2-8H,9H2,1H3,(H,38,39,40). The zero-order valence-electron chi connectivity index (χ0n) is 21.3. The molecule has 0 heterocycles. The summed E-state index contributed by atoms with van der Waals surface area (Å²) in [7, 11) is -5.30. The number of hydrogen-bond acceptors (Lipinski definition) is 8. The van der Waals surface area contributed by atoms with Crippen LogP contribution in [0, 0.1) is 0 Å². The second kappa shape index (κ2) is 14.2. The average Bonchev–Trinajstić information content (AvgIpc) is 2.85. The molecule has 0 fully saturated rings. The summed E-state index contributed by atoms with van der Waals surface area (Å²) in [5.74, 6) is -6.15. The molecule has 0 radical (unpaired) electrons. The zero-order chi connectivity index (χ0) is 33.4. The lowest BCUT2D eigenvalue weighted by molar-refractivity contribution is -0.243. The maximum Gasteiger partial charge on any atom is 0.429 e. The molecular weight excluding hydrogens is 1010 g/mol. The molecule has 236 valence electrons. The van der Waals surface area contributed by atoms with Crippen molar-refractivity contribution in [1.82, 2.24) is 0 Å². The van der Waals surface area contributed by atoms with Gasteiger partial charge >= 0.3 is 24.1 Å². The highest BCUT2D eigenvalue weighted by atomic mass is 79.9. The first-order valence-electron chi connectivity index (χ1n) is 11.2. The van der Waals surface area contributed by atoms with Crippen LogP contribution in [0.25, 0.3) is 0 Å². The number of hydrogen-bond donors (Lipinski definition) is 1. The van der Waals surface area contributed by atoms with Gasteiger partial charge in [-0.3, -0.25) is 4.55 Å². The minimum atomic E-state index is -5.46. The number of alkyl halides is 3. The van der Waals surface area contributed by atoms with E-state index in [1.165, 1.54) is 0 Å². The second-order valence-corrected chi connectivity index (χ2v) is 15.5. The molecule has 1 unspecified atom stereocenters. The number of ether oxygens (including phenoxy) is 3. The van der Waals surface area contributed by atoms with E-state index in [1.807, 2.05) is 0 Å². The van der Waals surface area contributed by atoms with E-state index in [9.17, 15) is 36.0 Å². The Bertz CT molecular complexity index is 1650. The molecule has 0 spiro atoms. The number of rotatable bonds is 8. The van der Waals surface area contributed by atoms with Crippen molar-refractivity contribution in [3.63, 3.8) is 0 Å². The highest BCUT2D eigenvalue weighted by Crippen LogP contribution is 2.39. The SMILES string of the molecule is CC(CS(=O)(=O)O)(OC(=O)c1cc(C(=O)Oc2c(Br)cc(Br)cc2Br)cc(C(=O)Oc2c(Br)cc(Br)cc2Br)c1)C(F)(F)F. The summed E-state index contributed by atoms with van der Waals surface area (Å²) < 4.78 is 90.9. The first-order valence-corrected chi connectivity index (χ1v) is 17.6. The van der Waals surface area contributed by atoms with Gasteiger partial charge in [0, 0.05) is 8.95 Å². The lowest BCUT2D eigenvalue weighted by atomic mass is 10.0. The van der Waals surface area contributed by atoms with Gasteiger partial charge in [0.25, 0.3) is 10.1 Å². The molecule has 0 aliphatic carbocycles. The van der Waals surface area contributed by atoms with E-state index in [1.54, 1.807) is 24.3 Å². The van der Waals surface area contributed by atoms with E-state index < -0.39 is 62.2 Å². The molecule has 0 saturated carbocycles. The van der Waals surface area contributed by atoms with Crippen molar-refractivity contribution >= 4 is 124 Å². The maximum atomic E-state index is 13.8. The van der Waals surface area contributed by atoms with Crippen LogP contribution in [0.5, 0.6) is 11.5 Å². The first-order chi connectivity index (χ1) is 20.1. The highest BCUT2D eigenvalue weighted by Gasteiger charge is 2.57. The largest absolute Gasteiger partial charge is 0.445 e. The van der Waals surface area contributed by atoms with E-state index in [4.69, 9.17) is 14.0 Å². The van der Waals surface area contributed by atoms with Gasteiger partial charge in [-0.05, 0) is 113 Å². The fourth-order valence-electron chi connectivity index (χ4n) is 3.32. The highest BCUT2D eigenvalue weighted by molar-refractivity contribution is 9.12. The Kier molecular flexibility index (Phi) is 12.0. The van der Waals surface area contributed by atoms with Crippen LogP contribution in [0.15, 0.2) is 69.3 Å². The van der Waals surface area contributed by atoms with Crippen molar-refractivity contribution < 1.29 is 54.7 Å². The topological polar surface area (TPSA) is 133 Å². The first kappa shape index (κ1) is 37.1. The van der Waals surface area contributed by atoms with Crippen molar-refractivity contribution in [2.75, 3.05) is 5.75 Å². The molecule has 3 aromatic carbocycles. The van der Waals surface area contributed by atoms with Crippen molar-refractivity contribution in [2.45, 2.75) is 18.7 Å². The summed E-state index contributed by atoms with van der Waals surface area (Å²) in [6.45, 7) is 0.233. The molecule has 1 atom stereocenters. The lowest BCUT2D eigenvalue weighted by Gasteiger charge is -2.30. The molecule has 1 N–H and O–H groups in total. The summed E-state index contributed by atoms with van der Waals surface area (Å²) in [6.07, 6.45) is -5.46. The molecule has 44 heavy (non-hydrogen) atoms. The summed E-state index contributed by atoms with van der Waals surface area (Å²) in [5, 5.41) is 0. The van der Waals surface area contributed by atoms with E-state index in [-0.39, 0.29) is 18.4 Å². The van der Waals surface area contributed by atoms with Gasteiger partial charge < -0.3 is 14.2 Å². The fourth-order valence-corrected chi connectivity index (χ4v) is 9.08. The number of benzene rings is 3. The van der Waals surface area contributed by atoms with Gasteiger partial charge in [0.15, 0.2) is 11.5 Å². The lowest BCUT2D eigenvalue weighted by Crippen LogP contribution is -2.51. The zero-order valence-corrected chi connectivity index (χ0v) is 31.6. The van der Waals surface area contributed by atoms with Crippen LogP contribution < -0.4 is 9.47 Å². The Balaban J connectivity index is 2.11. The van der Waals surface area contributed by atoms with Gasteiger partial charge in [0.05, 0.1) is 34.6 Å². The number of halogens is 9. The third-order valence-corrected chi connectivity index (χ3v) is 9.52. The summed E-state index contributed by atoms with van der Waals surface area (Å²) in [5.41, 5.74) is -5.48. The maximum absolute atomic E-state index is 13.8. The summed E-state index contributed by atoms with van der Waals surface area (Å²) in [4.78, 5) is 39.4. The van der Waals surface area contributed by atoms with E-state index >= 15 is 0 Å². The van der Waals surface area contributed by atoms with Gasteiger partial charge in [0.1, 0.15) is 5.75 Å². The van der Waals surface area contributed by atoms with Crippen molar-refractivity contribution in [2.24, 2.45) is 0 Å². The molecule has 0 aromatic heterocycles. The molecule has 0 aliphatic heterocycles. The fraction of sp³-hybridized carbons (Fsp3) is 0.160. The van der Waals surface area contributed by atoms with Crippen LogP contribution in [0.2, 0.25) is 0 Å². The van der Waals surface area contributed by atoms with Crippen LogP contribution in [0.4, 0.5) is 13.2 Å². The minimum Gasteiger partial charge on any atom is -0.445 e. The third kappa shape index (κ3) is 9.36. The van der Waals surface area contributed by atoms with Crippen LogP contribution in [0.3, 0.4) is 0 Å². The Morgan fingerprint density at radius 2 is 1.00 bits per heavy atom. The van der Waals surface area contributed by atoms with Gasteiger partial charge in [-0.15, -0.1) is 0 Å². The average molecular weight is 1030 g/mol. The van der Waals surface area contributed by atoms with Crippen molar-refractivity contribution in [3.8, 4) is 11.5 Å². The van der Waals surface area contributed by atoms with Gasteiger partial charge in [-0.1, -0.05) is 31.9 Å². The van der Waals surface area contributed by atoms with Gasteiger partial charge in [-0.2, -0.15) is 21.6 Å². The molecule has 0 bridgehead atoms. The Hall–Kier alpha value is -1.35. The van der Waals surface area contributed by atoms with Crippen molar-refractivity contribution in [3.05, 3.63) is 86.0 Å². The minimum absolute atomic E-state index is 0.0178. The Morgan fingerprint density at radius 1 is 0.682 bits per heavy atom. The molecule has 19 heteroatoms. The van der Waals surface area contributed by atoms with Crippen molar-refractivity contribution in [1.29, 1.82) is 0 Å². The smallest absolute Gasteiger partial charge is 0.429 e. The Labute approximate surface area is 297 Å². The second-order valence-electron chi connectivity index (χ2n) is 8.82. The molecule has 0 saturated heterocycles. The predicted octanol–water partition coefficient (Wildman–Crippen LogP) is 9.07. The monoisotopic (exact) mass is 1020 g/mol. The van der Waals surface area contributed by atoms with Crippen LogP contribution >= 0.6 is 95.6 Å². The molecule has 0 amide bonds. The Morgan fingerprint density at radius 3 is 1.30 bits per heavy atom. The number of esters is 3. The molecule has 9 nitrogen and oxygen atoms in total. The summed E-state index contributed by atoms with van der Waals surface area (Å²) in [6, 6.07) is 8.70. The van der Waals surface area contributed by atoms with Crippen LogP contribution in [0.1, 0.15) is 38.0 Å².